The quantitative estimate of drug-likeness (QED) is 0.906. The summed E-state index contributed by atoms with van der Waals surface area (Å²) in [4.78, 5) is 11.2. The highest BCUT2D eigenvalue weighted by Crippen LogP contribution is 2.17. The first-order valence-corrected chi connectivity index (χ1v) is 6.58. The Bertz CT molecular complexity index is 581. The monoisotopic (exact) mass is 289 g/mol. The lowest BCUT2D eigenvalue weighted by Crippen LogP contribution is -2.13. The van der Waals surface area contributed by atoms with Gasteiger partial charge in [-0.1, -0.05) is 12.1 Å². The standard InChI is InChI=1S/C16H16FNO3/c1-2-20-16(19)18-14-7-9-15(10-8-14)21-11-12-3-5-13(17)6-4-12/h3-10H,2,11H2,1H3,(H,18,19). The highest BCUT2D eigenvalue weighted by molar-refractivity contribution is 5.84. The van der Waals surface area contributed by atoms with E-state index in [2.05, 4.69) is 5.32 Å². The first-order chi connectivity index (χ1) is 10.2. The number of hydrogen-bond donors (Lipinski definition) is 1. The second-order valence-electron chi connectivity index (χ2n) is 4.28. The molecule has 0 heterocycles. The minimum Gasteiger partial charge on any atom is -0.489 e. The van der Waals surface area contributed by atoms with Crippen molar-refractivity contribution < 1.29 is 18.7 Å². The predicted molar refractivity (Wildman–Crippen MR) is 77.8 cm³/mol. The normalized spacial score (nSPS) is 10.0. The van der Waals surface area contributed by atoms with E-state index in [0.29, 0.717) is 24.7 Å². The molecule has 1 amide bonds. The van der Waals surface area contributed by atoms with Crippen LogP contribution in [-0.4, -0.2) is 12.7 Å². The molecular formula is C16H16FNO3. The molecule has 0 fully saturated rings. The van der Waals surface area contributed by atoms with E-state index in [4.69, 9.17) is 9.47 Å². The van der Waals surface area contributed by atoms with Crippen LogP contribution in [0.5, 0.6) is 5.75 Å². The molecule has 0 unspecified atom stereocenters. The summed E-state index contributed by atoms with van der Waals surface area (Å²) in [5.41, 5.74) is 1.51. The van der Waals surface area contributed by atoms with Crippen LogP contribution >= 0.6 is 0 Å². The van der Waals surface area contributed by atoms with E-state index in [0.717, 1.165) is 5.56 Å². The molecule has 0 radical (unpaired) electrons. The summed E-state index contributed by atoms with van der Waals surface area (Å²) >= 11 is 0. The van der Waals surface area contributed by atoms with Crippen molar-refractivity contribution in [3.05, 3.63) is 59.9 Å². The Kier molecular flexibility index (Phi) is 5.15. The fourth-order valence-electron chi connectivity index (χ4n) is 1.67. The van der Waals surface area contributed by atoms with Crippen LogP contribution in [0.15, 0.2) is 48.5 Å². The van der Waals surface area contributed by atoms with Gasteiger partial charge in [-0.3, -0.25) is 5.32 Å². The van der Waals surface area contributed by atoms with E-state index >= 15 is 0 Å². The average molecular weight is 289 g/mol. The molecule has 21 heavy (non-hydrogen) atoms. The van der Waals surface area contributed by atoms with Gasteiger partial charge < -0.3 is 9.47 Å². The summed E-state index contributed by atoms with van der Waals surface area (Å²) < 4.78 is 23.1. The minimum absolute atomic E-state index is 0.270. The van der Waals surface area contributed by atoms with Gasteiger partial charge in [-0.05, 0) is 48.9 Å². The first kappa shape index (κ1) is 14.8. The fourth-order valence-corrected chi connectivity index (χ4v) is 1.67. The van der Waals surface area contributed by atoms with Gasteiger partial charge in [-0.2, -0.15) is 0 Å². The third kappa shape index (κ3) is 4.80. The zero-order chi connectivity index (χ0) is 15.1. The summed E-state index contributed by atoms with van der Waals surface area (Å²) in [6.45, 7) is 2.42. The van der Waals surface area contributed by atoms with Crippen LogP contribution in [0.2, 0.25) is 0 Å². The lowest BCUT2D eigenvalue weighted by molar-refractivity contribution is 0.168. The molecule has 0 bridgehead atoms. The molecule has 0 saturated heterocycles. The zero-order valence-electron chi connectivity index (χ0n) is 11.6. The summed E-state index contributed by atoms with van der Waals surface area (Å²) in [7, 11) is 0. The number of anilines is 1. The van der Waals surface area contributed by atoms with Crippen molar-refractivity contribution in [1.29, 1.82) is 0 Å². The molecule has 110 valence electrons. The van der Waals surface area contributed by atoms with Crippen LogP contribution in [0, 0.1) is 5.82 Å². The molecule has 5 heteroatoms. The zero-order valence-corrected chi connectivity index (χ0v) is 11.6. The fraction of sp³-hybridized carbons (Fsp3) is 0.188. The van der Waals surface area contributed by atoms with Crippen LogP contribution in [0.4, 0.5) is 14.9 Å². The van der Waals surface area contributed by atoms with Crippen molar-refractivity contribution in [2.75, 3.05) is 11.9 Å². The SMILES string of the molecule is CCOC(=O)Nc1ccc(OCc2ccc(F)cc2)cc1. The van der Waals surface area contributed by atoms with E-state index in [-0.39, 0.29) is 5.82 Å². The summed E-state index contributed by atoms with van der Waals surface area (Å²) in [5, 5.41) is 2.59. The number of halogens is 1. The Morgan fingerprint density at radius 1 is 1.10 bits per heavy atom. The highest BCUT2D eigenvalue weighted by Gasteiger charge is 2.02. The van der Waals surface area contributed by atoms with Crippen LogP contribution in [-0.2, 0) is 11.3 Å². The highest BCUT2D eigenvalue weighted by atomic mass is 19.1. The Hall–Kier alpha value is -2.56. The molecule has 0 aliphatic heterocycles. The van der Waals surface area contributed by atoms with Crippen molar-refractivity contribution in [3.8, 4) is 5.75 Å². The largest absolute Gasteiger partial charge is 0.489 e. The smallest absolute Gasteiger partial charge is 0.411 e. The van der Waals surface area contributed by atoms with Gasteiger partial charge in [0.2, 0.25) is 0 Å². The number of carbonyl (C=O) groups excluding carboxylic acids is 1. The molecule has 0 atom stereocenters. The Balaban J connectivity index is 1.87. The summed E-state index contributed by atoms with van der Waals surface area (Å²) in [5.74, 6) is 0.391. The minimum atomic E-state index is -0.488. The van der Waals surface area contributed by atoms with Crippen molar-refractivity contribution in [2.45, 2.75) is 13.5 Å². The third-order valence-electron chi connectivity index (χ3n) is 2.69. The number of amides is 1. The predicted octanol–water partition coefficient (Wildman–Crippen LogP) is 3.97. The molecular weight excluding hydrogens is 273 g/mol. The van der Waals surface area contributed by atoms with Gasteiger partial charge in [0.25, 0.3) is 0 Å². The number of ether oxygens (including phenoxy) is 2. The Morgan fingerprint density at radius 2 is 1.76 bits per heavy atom. The Labute approximate surface area is 122 Å². The summed E-state index contributed by atoms with van der Waals surface area (Å²) in [6.07, 6.45) is -0.488. The van der Waals surface area contributed by atoms with Crippen LogP contribution < -0.4 is 10.1 Å². The maximum atomic E-state index is 12.8. The summed E-state index contributed by atoms with van der Waals surface area (Å²) in [6, 6.07) is 13.1. The van der Waals surface area contributed by atoms with Gasteiger partial charge in [0.05, 0.1) is 6.61 Å². The number of hydrogen-bond acceptors (Lipinski definition) is 3. The van der Waals surface area contributed by atoms with Gasteiger partial charge in [0.15, 0.2) is 0 Å². The maximum Gasteiger partial charge on any atom is 0.411 e. The molecule has 0 spiro atoms. The second-order valence-corrected chi connectivity index (χ2v) is 4.28. The molecule has 2 aromatic rings. The van der Waals surface area contributed by atoms with Gasteiger partial charge in [-0.15, -0.1) is 0 Å². The molecule has 0 aliphatic rings. The van der Waals surface area contributed by atoms with E-state index in [9.17, 15) is 9.18 Å². The van der Waals surface area contributed by atoms with Crippen molar-refractivity contribution >= 4 is 11.8 Å². The molecule has 0 aromatic heterocycles. The Morgan fingerprint density at radius 3 is 2.38 bits per heavy atom. The topological polar surface area (TPSA) is 47.6 Å². The van der Waals surface area contributed by atoms with Gasteiger partial charge in [0.1, 0.15) is 18.2 Å². The van der Waals surface area contributed by atoms with E-state index < -0.39 is 6.09 Å². The van der Waals surface area contributed by atoms with E-state index in [1.165, 1.54) is 12.1 Å². The number of nitrogens with one attached hydrogen (secondary N) is 1. The third-order valence-corrected chi connectivity index (χ3v) is 2.69. The van der Waals surface area contributed by atoms with Gasteiger partial charge >= 0.3 is 6.09 Å². The number of benzene rings is 2. The lowest BCUT2D eigenvalue weighted by atomic mass is 10.2. The molecule has 4 nitrogen and oxygen atoms in total. The van der Waals surface area contributed by atoms with Crippen LogP contribution in [0.3, 0.4) is 0 Å². The van der Waals surface area contributed by atoms with Crippen molar-refractivity contribution in [1.82, 2.24) is 0 Å². The lowest BCUT2D eigenvalue weighted by Gasteiger charge is -2.08. The van der Waals surface area contributed by atoms with E-state index in [1.54, 1.807) is 43.3 Å². The van der Waals surface area contributed by atoms with Gasteiger partial charge in [0, 0.05) is 5.69 Å². The maximum absolute atomic E-state index is 12.8. The van der Waals surface area contributed by atoms with Gasteiger partial charge in [-0.25, -0.2) is 9.18 Å². The number of carbonyl (C=O) groups is 1. The van der Waals surface area contributed by atoms with Crippen LogP contribution in [0.25, 0.3) is 0 Å². The number of rotatable bonds is 5. The molecule has 1 N–H and O–H groups in total. The van der Waals surface area contributed by atoms with Crippen LogP contribution in [0.1, 0.15) is 12.5 Å². The average Bonchev–Trinajstić information content (AvgIpc) is 2.48. The molecule has 2 rings (SSSR count). The van der Waals surface area contributed by atoms with Crippen molar-refractivity contribution in [3.63, 3.8) is 0 Å². The molecule has 2 aromatic carbocycles. The molecule has 0 saturated carbocycles. The first-order valence-electron chi connectivity index (χ1n) is 6.58. The van der Waals surface area contributed by atoms with Crippen molar-refractivity contribution in [2.24, 2.45) is 0 Å². The van der Waals surface area contributed by atoms with E-state index in [1.807, 2.05) is 0 Å². The second kappa shape index (κ2) is 7.28. The molecule has 0 aliphatic carbocycles.